The van der Waals surface area contributed by atoms with Gasteiger partial charge in [0.2, 0.25) is 0 Å². The number of hydrogen-bond acceptors (Lipinski definition) is 3. The third-order valence-electron chi connectivity index (χ3n) is 2.67. The summed E-state index contributed by atoms with van der Waals surface area (Å²) in [4.78, 5) is 22.3. The Labute approximate surface area is 83.2 Å². The summed E-state index contributed by atoms with van der Waals surface area (Å²) in [5.41, 5.74) is 0. The lowest BCUT2D eigenvalue weighted by molar-refractivity contribution is -0.159. The number of esters is 1. The number of carboxylic acids is 1. The molecule has 14 heavy (non-hydrogen) atoms. The lowest BCUT2D eigenvalue weighted by Gasteiger charge is -2.26. The van der Waals surface area contributed by atoms with Gasteiger partial charge in [0.05, 0.1) is 18.4 Å². The van der Waals surface area contributed by atoms with E-state index >= 15 is 0 Å². The molecule has 1 rings (SSSR count). The zero-order chi connectivity index (χ0) is 10.6. The van der Waals surface area contributed by atoms with Crippen molar-refractivity contribution in [2.75, 3.05) is 6.61 Å². The van der Waals surface area contributed by atoms with Gasteiger partial charge in [-0.05, 0) is 19.8 Å². The van der Waals surface area contributed by atoms with Crippen LogP contribution in [0.3, 0.4) is 0 Å². The highest BCUT2D eigenvalue weighted by Crippen LogP contribution is 2.31. The maximum absolute atomic E-state index is 11.4. The highest BCUT2D eigenvalue weighted by molar-refractivity contribution is 5.81. The summed E-state index contributed by atoms with van der Waals surface area (Å²) in [6, 6.07) is 0. The van der Waals surface area contributed by atoms with Crippen LogP contribution in [0.15, 0.2) is 0 Å². The van der Waals surface area contributed by atoms with Crippen LogP contribution < -0.4 is 0 Å². The van der Waals surface area contributed by atoms with Crippen LogP contribution in [0.4, 0.5) is 0 Å². The molecule has 0 saturated heterocycles. The van der Waals surface area contributed by atoms with Crippen LogP contribution in [0.1, 0.15) is 32.6 Å². The Morgan fingerprint density at radius 1 is 1.29 bits per heavy atom. The zero-order valence-electron chi connectivity index (χ0n) is 8.36. The van der Waals surface area contributed by atoms with E-state index in [2.05, 4.69) is 0 Å². The van der Waals surface area contributed by atoms with Crippen molar-refractivity contribution < 1.29 is 19.4 Å². The summed E-state index contributed by atoms with van der Waals surface area (Å²) in [7, 11) is 0. The number of carboxylic acid groups (broad SMARTS) is 1. The molecule has 0 radical (unpaired) electrons. The molecule has 0 aromatic rings. The summed E-state index contributed by atoms with van der Waals surface area (Å²) >= 11 is 0. The van der Waals surface area contributed by atoms with Crippen molar-refractivity contribution in [2.24, 2.45) is 11.8 Å². The predicted octanol–water partition coefficient (Wildman–Crippen LogP) is 1.44. The van der Waals surface area contributed by atoms with Gasteiger partial charge >= 0.3 is 11.9 Å². The first-order valence-corrected chi connectivity index (χ1v) is 5.06. The first kappa shape index (κ1) is 11.0. The highest BCUT2D eigenvalue weighted by Gasteiger charge is 2.36. The van der Waals surface area contributed by atoms with Crippen molar-refractivity contribution in [3.8, 4) is 0 Å². The van der Waals surface area contributed by atoms with Gasteiger partial charge in [-0.1, -0.05) is 12.8 Å². The van der Waals surface area contributed by atoms with Gasteiger partial charge < -0.3 is 9.84 Å². The maximum Gasteiger partial charge on any atom is 0.309 e. The molecule has 0 spiro atoms. The normalized spacial score (nSPS) is 26.9. The molecular formula is C10H16O4. The van der Waals surface area contributed by atoms with Crippen LogP contribution in [-0.2, 0) is 14.3 Å². The second-order valence-electron chi connectivity index (χ2n) is 3.59. The molecule has 0 aromatic carbocycles. The van der Waals surface area contributed by atoms with E-state index in [-0.39, 0.29) is 5.97 Å². The van der Waals surface area contributed by atoms with Gasteiger partial charge in [0.1, 0.15) is 0 Å². The fourth-order valence-corrected chi connectivity index (χ4v) is 1.96. The van der Waals surface area contributed by atoms with Gasteiger partial charge in [-0.25, -0.2) is 0 Å². The smallest absolute Gasteiger partial charge is 0.309 e. The van der Waals surface area contributed by atoms with Crippen molar-refractivity contribution in [1.29, 1.82) is 0 Å². The van der Waals surface area contributed by atoms with Gasteiger partial charge in [-0.3, -0.25) is 9.59 Å². The van der Waals surface area contributed by atoms with Gasteiger partial charge in [0.25, 0.3) is 0 Å². The Morgan fingerprint density at radius 2 is 1.86 bits per heavy atom. The van der Waals surface area contributed by atoms with E-state index in [4.69, 9.17) is 9.84 Å². The fraction of sp³-hybridized carbons (Fsp3) is 0.800. The van der Waals surface area contributed by atoms with Crippen molar-refractivity contribution in [2.45, 2.75) is 32.6 Å². The van der Waals surface area contributed by atoms with Gasteiger partial charge in [-0.2, -0.15) is 0 Å². The maximum atomic E-state index is 11.4. The third-order valence-corrected chi connectivity index (χ3v) is 2.67. The van der Waals surface area contributed by atoms with E-state index < -0.39 is 17.8 Å². The average molecular weight is 200 g/mol. The Morgan fingerprint density at radius 3 is 2.36 bits per heavy atom. The zero-order valence-corrected chi connectivity index (χ0v) is 8.36. The van der Waals surface area contributed by atoms with Crippen LogP contribution in [0.25, 0.3) is 0 Å². The van der Waals surface area contributed by atoms with Crippen LogP contribution in [-0.4, -0.2) is 23.7 Å². The predicted molar refractivity (Wildman–Crippen MR) is 49.7 cm³/mol. The Bertz CT molecular complexity index is 224. The molecule has 0 bridgehead atoms. The standard InChI is InChI=1S/C10H16O4/c1-2-14-10(13)8-6-4-3-5-7(8)9(11)12/h7-8H,2-6H2,1H3,(H,11,12)/t7-,8+/m0/s1. The van der Waals surface area contributed by atoms with Gasteiger partial charge in [-0.15, -0.1) is 0 Å². The minimum atomic E-state index is -0.872. The molecule has 0 amide bonds. The quantitative estimate of drug-likeness (QED) is 0.700. The summed E-state index contributed by atoms with van der Waals surface area (Å²) in [6.45, 7) is 2.05. The number of hydrogen-bond donors (Lipinski definition) is 1. The second kappa shape index (κ2) is 4.98. The number of carbonyl (C=O) groups excluding carboxylic acids is 1. The van der Waals surface area contributed by atoms with E-state index in [9.17, 15) is 9.59 Å². The Hall–Kier alpha value is -1.06. The molecule has 0 heterocycles. The molecule has 80 valence electrons. The van der Waals surface area contributed by atoms with Crippen molar-refractivity contribution >= 4 is 11.9 Å². The summed E-state index contributed by atoms with van der Waals surface area (Å²) < 4.78 is 4.86. The number of rotatable bonds is 3. The third kappa shape index (κ3) is 2.47. The Kier molecular flexibility index (Phi) is 3.92. The summed E-state index contributed by atoms with van der Waals surface area (Å²) in [6.07, 6.45) is 3.06. The Balaban J connectivity index is 2.62. The van der Waals surface area contributed by atoms with Crippen molar-refractivity contribution in [3.05, 3.63) is 0 Å². The topological polar surface area (TPSA) is 63.6 Å². The second-order valence-corrected chi connectivity index (χ2v) is 3.59. The minimum Gasteiger partial charge on any atom is -0.481 e. The molecule has 4 nitrogen and oxygen atoms in total. The van der Waals surface area contributed by atoms with Gasteiger partial charge in [0, 0.05) is 0 Å². The SMILES string of the molecule is CCOC(=O)[C@@H]1CCCC[C@@H]1C(=O)O. The van der Waals surface area contributed by atoms with Crippen LogP contribution in [0.2, 0.25) is 0 Å². The molecule has 0 unspecified atom stereocenters. The number of ether oxygens (including phenoxy) is 1. The largest absolute Gasteiger partial charge is 0.481 e. The molecule has 1 N–H and O–H groups in total. The lowest BCUT2D eigenvalue weighted by Crippen LogP contribution is -2.33. The molecule has 0 aromatic heterocycles. The molecule has 2 atom stereocenters. The van der Waals surface area contributed by atoms with Gasteiger partial charge in [0.15, 0.2) is 0 Å². The van der Waals surface area contributed by atoms with E-state index in [0.29, 0.717) is 19.4 Å². The van der Waals surface area contributed by atoms with E-state index in [1.807, 2.05) is 0 Å². The molecule has 1 aliphatic carbocycles. The molecule has 4 heteroatoms. The van der Waals surface area contributed by atoms with Crippen molar-refractivity contribution in [1.82, 2.24) is 0 Å². The van der Waals surface area contributed by atoms with E-state index in [1.165, 1.54) is 0 Å². The van der Waals surface area contributed by atoms with Crippen molar-refractivity contribution in [3.63, 3.8) is 0 Å². The molecule has 1 saturated carbocycles. The lowest BCUT2D eigenvalue weighted by atomic mass is 9.79. The fourth-order valence-electron chi connectivity index (χ4n) is 1.96. The van der Waals surface area contributed by atoms with E-state index in [1.54, 1.807) is 6.92 Å². The summed E-state index contributed by atoms with van der Waals surface area (Å²) in [5, 5.41) is 8.92. The highest BCUT2D eigenvalue weighted by atomic mass is 16.5. The monoisotopic (exact) mass is 200 g/mol. The van der Waals surface area contributed by atoms with Crippen LogP contribution in [0, 0.1) is 11.8 Å². The average Bonchev–Trinajstić information content (AvgIpc) is 2.18. The molecule has 1 fully saturated rings. The summed E-state index contributed by atoms with van der Waals surface area (Å²) in [5.74, 6) is -2.19. The first-order chi connectivity index (χ1) is 6.66. The van der Waals surface area contributed by atoms with E-state index in [0.717, 1.165) is 12.8 Å². The number of carbonyl (C=O) groups is 2. The first-order valence-electron chi connectivity index (χ1n) is 5.06. The minimum absolute atomic E-state index is 0.321. The molecule has 1 aliphatic rings. The van der Waals surface area contributed by atoms with Crippen LogP contribution in [0.5, 0.6) is 0 Å². The number of aliphatic carboxylic acids is 1. The molecular weight excluding hydrogens is 184 g/mol. The molecule has 0 aliphatic heterocycles. The van der Waals surface area contributed by atoms with Crippen LogP contribution >= 0.6 is 0 Å².